The average molecular weight is 479 g/mol. The predicted octanol–water partition coefficient (Wildman–Crippen LogP) is 5.64. The van der Waals surface area contributed by atoms with Crippen molar-refractivity contribution in [1.82, 2.24) is 4.57 Å². The largest absolute Gasteiger partial charge is 0.422 e. The number of halogens is 2. The molecule has 0 aliphatic heterocycles. The van der Waals surface area contributed by atoms with Crippen LogP contribution in [0.15, 0.2) is 68.8 Å². The summed E-state index contributed by atoms with van der Waals surface area (Å²) in [5.41, 5.74) is 0.0658. The van der Waals surface area contributed by atoms with E-state index in [4.69, 9.17) is 34.0 Å². The first-order valence-electron chi connectivity index (χ1n) is 9.43. The second-order valence-electron chi connectivity index (χ2n) is 6.95. The first-order chi connectivity index (χ1) is 15.5. The van der Waals surface area contributed by atoms with Crippen molar-refractivity contribution in [3.8, 4) is 12.3 Å². The zero-order chi connectivity index (χ0) is 22.4. The number of benzene rings is 3. The fraction of sp³-hybridized carbons (Fsp3) is 0.0417. The van der Waals surface area contributed by atoms with Gasteiger partial charge in [-0.3, -0.25) is 4.79 Å². The van der Waals surface area contributed by atoms with Crippen LogP contribution in [0.3, 0.4) is 0 Å². The van der Waals surface area contributed by atoms with E-state index in [9.17, 15) is 9.59 Å². The quantitative estimate of drug-likeness (QED) is 0.187. The molecule has 2 aromatic heterocycles. The van der Waals surface area contributed by atoms with Crippen molar-refractivity contribution in [2.24, 2.45) is 4.99 Å². The minimum absolute atomic E-state index is 0.128. The van der Waals surface area contributed by atoms with Gasteiger partial charge < -0.3 is 8.98 Å². The van der Waals surface area contributed by atoms with Crippen LogP contribution in [-0.2, 0) is 6.54 Å². The summed E-state index contributed by atoms with van der Waals surface area (Å²) in [6, 6.07) is 16.2. The Morgan fingerprint density at radius 3 is 2.75 bits per heavy atom. The number of thiazole rings is 1. The first-order valence-corrected chi connectivity index (χ1v) is 11.0. The lowest BCUT2D eigenvalue weighted by Gasteiger charge is -2.04. The molecule has 0 radical (unpaired) electrons. The van der Waals surface area contributed by atoms with Crippen LogP contribution in [0, 0.1) is 12.3 Å². The van der Waals surface area contributed by atoms with Crippen molar-refractivity contribution < 1.29 is 9.21 Å². The van der Waals surface area contributed by atoms with Gasteiger partial charge in [-0.25, -0.2) is 4.79 Å². The maximum Gasteiger partial charge on any atom is 0.349 e. The van der Waals surface area contributed by atoms with E-state index in [0.717, 1.165) is 15.5 Å². The topological polar surface area (TPSA) is 64.6 Å². The van der Waals surface area contributed by atoms with Crippen molar-refractivity contribution in [2.75, 3.05) is 0 Å². The molecule has 156 valence electrons. The van der Waals surface area contributed by atoms with Crippen LogP contribution in [0.5, 0.6) is 0 Å². The van der Waals surface area contributed by atoms with Crippen molar-refractivity contribution >= 4 is 72.4 Å². The lowest BCUT2D eigenvalue weighted by atomic mass is 10.0. The highest BCUT2D eigenvalue weighted by Gasteiger charge is 2.17. The van der Waals surface area contributed by atoms with Gasteiger partial charge in [-0.05, 0) is 35.0 Å². The van der Waals surface area contributed by atoms with Gasteiger partial charge in [0.1, 0.15) is 11.1 Å². The Morgan fingerprint density at radius 2 is 1.94 bits per heavy atom. The van der Waals surface area contributed by atoms with E-state index in [1.165, 1.54) is 17.4 Å². The lowest BCUT2D eigenvalue weighted by molar-refractivity contribution is 0.0994. The molecule has 0 aliphatic carbocycles. The van der Waals surface area contributed by atoms with Crippen LogP contribution in [0.25, 0.3) is 32.0 Å². The number of carbonyl (C=O) groups excluding carboxylic acids is 1. The zero-order valence-corrected chi connectivity index (χ0v) is 18.6. The maximum absolute atomic E-state index is 13.1. The molecule has 0 bridgehead atoms. The van der Waals surface area contributed by atoms with Gasteiger partial charge in [-0.15, -0.1) is 6.42 Å². The Bertz CT molecular complexity index is 1740. The Balaban J connectivity index is 1.74. The molecule has 0 atom stereocenters. The van der Waals surface area contributed by atoms with Crippen LogP contribution in [-0.4, -0.2) is 10.5 Å². The monoisotopic (exact) mass is 478 g/mol. The highest BCUT2D eigenvalue weighted by atomic mass is 35.5. The van der Waals surface area contributed by atoms with Crippen molar-refractivity contribution in [3.05, 3.63) is 85.4 Å². The minimum Gasteiger partial charge on any atom is -0.422 e. The molecule has 2 heterocycles. The molecular weight excluding hydrogens is 467 g/mol. The maximum atomic E-state index is 13.1. The summed E-state index contributed by atoms with van der Waals surface area (Å²) >= 11 is 13.8. The number of aromatic nitrogens is 1. The Labute approximate surface area is 195 Å². The predicted molar refractivity (Wildman–Crippen MR) is 129 cm³/mol. The zero-order valence-electron chi connectivity index (χ0n) is 16.3. The van der Waals surface area contributed by atoms with E-state index >= 15 is 0 Å². The van der Waals surface area contributed by atoms with E-state index in [-0.39, 0.29) is 12.1 Å². The number of terminal acetylenes is 1. The molecule has 1 amide bonds. The van der Waals surface area contributed by atoms with Gasteiger partial charge in [0, 0.05) is 5.39 Å². The van der Waals surface area contributed by atoms with E-state index < -0.39 is 11.5 Å². The summed E-state index contributed by atoms with van der Waals surface area (Å²) in [5.74, 6) is 1.81. The van der Waals surface area contributed by atoms with Gasteiger partial charge in [0.2, 0.25) is 0 Å². The first kappa shape index (κ1) is 20.5. The molecule has 5 nitrogen and oxygen atoms in total. The number of rotatable bonds is 2. The molecule has 0 aliphatic rings. The number of amides is 1. The molecule has 0 fully saturated rings. The number of carbonyl (C=O) groups is 1. The molecular formula is C24H12Cl2N2O3S. The van der Waals surface area contributed by atoms with Crippen molar-refractivity contribution in [3.63, 3.8) is 0 Å². The Morgan fingerprint density at radius 1 is 1.12 bits per heavy atom. The third-order valence-electron chi connectivity index (χ3n) is 5.05. The van der Waals surface area contributed by atoms with E-state index in [0.29, 0.717) is 31.3 Å². The average Bonchev–Trinajstić information content (AvgIpc) is 3.13. The third-order valence-corrected chi connectivity index (χ3v) is 6.89. The van der Waals surface area contributed by atoms with Crippen LogP contribution in [0.4, 0.5) is 0 Å². The van der Waals surface area contributed by atoms with Crippen molar-refractivity contribution in [1.29, 1.82) is 0 Å². The molecule has 5 rings (SSSR count). The van der Waals surface area contributed by atoms with E-state index in [1.807, 2.05) is 30.3 Å². The fourth-order valence-corrected chi connectivity index (χ4v) is 5.11. The summed E-state index contributed by atoms with van der Waals surface area (Å²) in [6.07, 6.45) is 5.52. The molecule has 0 N–H and O–H groups in total. The van der Waals surface area contributed by atoms with Crippen molar-refractivity contribution in [2.45, 2.75) is 6.54 Å². The smallest absolute Gasteiger partial charge is 0.349 e. The normalized spacial score (nSPS) is 12.0. The van der Waals surface area contributed by atoms with E-state index in [2.05, 4.69) is 10.9 Å². The fourth-order valence-electron chi connectivity index (χ4n) is 3.59. The molecule has 5 aromatic rings. The summed E-state index contributed by atoms with van der Waals surface area (Å²) in [4.78, 5) is 30.1. The molecule has 0 saturated carbocycles. The highest BCUT2D eigenvalue weighted by Crippen LogP contribution is 2.32. The minimum atomic E-state index is -0.757. The molecule has 0 spiro atoms. The number of hydrogen-bond donors (Lipinski definition) is 0. The number of nitrogens with zero attached hydrogens (tertiary/aromatic N) is 2. The van der Waals surface area contributed by atoms with Crippen LogP contribution in [0.1, 0.15) is 10.4 Å². The SMILES string of the molecule is C#CCn1c(=NC(=O)c2cc3c(ccc4ccccc43)oc2=O)sc2ccc(Cl)c(Cl)c21. The summed E-state index contributed by atoms with van der Waals surface area (Å²) in [5, 5.41) is 3.17. The summed E-state index contributed by atoms with van der Waals surface area (Å²) in [6.45, 7) is 0.128. The molecule has 0 saturated heterocycles. The number of fused-ring (bicyclic) bond motifs is 4. The summed E-state index contributed by atoms with van der Waals surface area (Å²) < 4.78 is 7.81. The standard InChI is InChI=1S/C24H12Cl2N2O3S/c1-2-11-28-21-19(10-8-17(25)20(21)26)32-24(28)27-22(29)16-12-15-14-6-4-3-5-13(14)7-9-18(15)31-23(16)30/h1,3-10,12H,11H2. The highest BCUT2D eigenvalue weighted by molar-refractivity contribution is 7.16. The Hall–Kier alpha value is -3.37. The van der Waals surface area contributed by atoms with Crippen LogP contribution in [0.2, 0.25) is 10.0 Å². The van der Waals surface area contributed by atoms with Gasteiger partial charge >= 0.3 is 5.63 Å². The van der Waals surface area contributed by atoms with Gasteiger partial charge in [0.05, 0.1) is 26.8 Å². The Kier molecular flexibility index (Phi) is 5.10. The molecule has 8 heteroatoms. The second kappa shape index (κ2) is 7.95. The van der Waals surface area contributed by atoms with Gasteiger partial charge in [0.15, 0.2) is 4.80 Å². The summed E-state index contributed by atoms with van der Waals surface area (Å²) in [7, 11) is 0. The van der Waals surface area contributed by atoms with Crippen LogP contribution < -0.4 is 10.4 Å². The van der Waals surface area contributed by atoms with Crippen LogP contribution >= 0.6 is 34.5 Å². The van der Waals surface area contributed by atoms with Gasteiger partial charge in [-0.2, -0.15) is 4.99 Å². The molecule has 32 heavy (non-hydrogen) atoms. The third kappa shape index (κ3) is 3.32. The van der Waals surface area contributed by atoms with Gasteiger partial charge in [0.25, 0.3) is 5.91 Å². The second-order valence-corrected chi connectivity index (χ2v) is 8.74. The molecule has 0 unspecified atom stereocenters. The number of hydrogen-bond acceptors (Lipinski definition) is 4. The van der Waals surface area contributed by atoms with E-state index in [1.54, 1.807) is 22.8 Å². The van der Waals surface area contributed by atoms with Gasteiger partial charge in [-0.1, -0.05) is 70.8 Å². The lowest BCUT2D eigenvalue weighted by Crippen LogP contribution is -2.19. The molecule has 3 aromatic carbocycles.